The third kappa shape index (κ3) is 3.49. The molecule has 88 valence electrons. The number of piperazine rings is 1. The van der Waals surface area contributed by atoms with Crippen LogP contribution in [-0.4, -0.2) is 54.0 Å². The van der Waals surface area contributed by atoms with Crippen molar-refractivity contribution in [3.63, 3.8) is 0 Å². The first-order chi connectivity index (χ1) is 6.97. The number of carbonyl (C=O) groups excluding carboxylic acids is 1. The molecule has 0 aliphatic carbocycles. The van der Waals surface area contributed by atoms with E-state index in [1.807, 2.05) is 11.8 Å². The molecule has 1 heterocycles. The molecule has 0 spiro atoms. The molecule has 0 radical (unpaired) electrons. The van der Waals surface area contributed by atoms with Crippen molar-refractivity contribution in [1.29, 1.82) is 0 Å². The van der Waals surface area contributed by atoms with Crippen molar-refractivity contribution in [3.05, 3.63) is 0 Å². The van der Waals surface area contributed by atoms with Crippen molar-refractivity contribution in [2.24, 2.45) is 0 Å². The molecule has 0 aromatic carbocycles. The van der Waals surface area contributed by atoms with Crippen molar-refractivity contribution in [1.82, 2.24) is 9.80 Å². The molecule has 3 atom stereocenters. The van der Waals surface area contributed by atoms with Gasteiger partial charge < -0.3 is 9.90 Å². The Morgan fingerprint density at radius 1 is 1.38 bits per heavy atom. The van der Waals surface area contributed by atoms with Crippen LogP contribution in [0.2, 0.25) is 0 Å². The summed E-state index contributed by atoms with van der Waals surface area (Å²) in [6.45, 7) is 7.78. The van der Waals surface area contributed by atoms with Crippen molar-refractivity contribution < 1.29 is 28.8 Å². The van der Waals surface area contributed by atoms with E-state index in [-0.39, 0.29) is 18.9 Å². The molecule has 0 aromatic heterocycles. The fourth-order valence-corrected chi connectivity index (χ4v) is 2.27. The van der Waals surface area contributed by atoms with Gasteiger partial charge >= 0.3 is 18.9 Å². The Labute approximate surface area is 110 Å². The van der Waals surface area contributed by atoms with Crippen molar-refractivity contribution >= 4 is 5.97 Å². The number of carbonyl (C=O) groups is 1. The zero-order valence-electron chi connectivity index (χ0n) is 11.1. The molecule has 1 saturated heterocycles. The molecule has 1 aliphatic heterocycles. The number of hydrogen-bond acceptors (Lipinski definition) is 4. The van der Waals surface area contributed by atoms with Gasteiger partial charge in [0, 0.05) is 31.2 Å². The summed E-state index contributed by atoms with van der Waals surface area (Å²) in [4.78, 5) is 15.3. The molecule has 5 heteroatoms. The molecule has 0 aromatic rings. The minimum absolute atomic E-state index is 0. The second-order valence-electron chi connectivity index (χ2n) is 4.56. The first-order valence-electron chi connectivity index (χ1n) is 5.64. The monoisotopic (exact) mass is 220 g/mol. The van der Waals surface area contributed by atoms with Gasteiger partial charge in [0.25, 0.3) is 0 Å². The molecule has 0 saturated carbocycles. The van der Waals surface area contributed by atoms with Gasteiger partial charge in [0.05, 0.1) is 5.97 Å². The Hall–Kier alpha value is -0.0126. The maximum Gasteiger partial charge on any atom is 1.00 e. The first kappa shape index (κ1) is 16.0. The molecule has 16 heavy (non-hydrogen) atoms. The van der Waals surface area contributed by atoms with E-state index in [9.17, 15) is 9.90 Å². The van der Waals surface area contributed by atoms with Crippen LogP contribution in [0.5, 0.6) is 0 Å². The number of aliphatic carboxylic acids is 1. The van der Waals surface area contributed by atoms with Gasteiger partial charge in [-0.15, -0.1) is 0 Å². The molecular formula is C11H21LiN2O2. The molecule has 1 unspecified atom stereocenters. The third-order valence-electron chi connectivity index (χ3n) is 3.49. The number of hydrogen-bond donors (Lipinski definition) is 0. The van der Waals surface area contributed by atoms with Crippen LogP contribution >= 0.6 is 0 Å². The minimum Gasteiger partial charge on any atom is -0.548 e. The Morgan fingerprint density at radius 2 is 1.81 bits per heavy atom. The second-order valence-corrected chi connectivity index (χ2v) is 4.56. The summed E-state index contributed by atoms with van der Waals surface area (Å²) in [6.07, 6.45) is 0.617. The fraction of sp³-hybridized carbons (Fsp3) is 0.909. The Bertz CT molecular complexity index is 226. The van der Waals surface area contributed by atoms with Crippen LogP contribution in [0.3, 0.4) is 0 Å². The largest absolute Gasteiger partial charge is 1.00 e. The predicted molar refractivity (Wildman–Crippen MR) is 57.3 cm³/mol. The normalized spacial score (nSPS) is 29.5. The topological polar surface area (TPSA) is 46.6 Å². The van der Waals surface area contributed by atoms with E-state index in [1.54, 1.807) is 0 Å². The van der Waals surface area contributed by atoms with E-state index >= 15 is 0 Å². The van der Waals surface area contributed by atoms with E-state index in [0.717, 1.165) is 13.1 Å². The Balaban J connectivity index is 0.00000225. The summed E-state index contributed by atoms with van der Waals surface area (Å²) in [5, 5.41) is 11.0. The maximum absolute atomic E-state index is 11.0. The van der Waals surface area contributed by atoms with Crippen molar-refractivity contribution in [3.8, 4) is 0 Å². The van der Waals surface area contributed by atoms with Crippen LogP contribution in [0.15, 0.2) is 0 Å². The SMILES string of the molecule is CCC(C(=O)[O-])N1C[C@H](C)N(C)[C@@H](C)C1.[Li+]. The molecule has 1 fully saturated rings. The van der Waals surface area contributed by atoms with Gasteiger partial charge in [-0.05, 0) is 27.3 Å². The van der Waals surface area contributed by atoms with Gasteiger partial charge in [-0.2, -0.15) is 0 Å². The summed E-state index contributed by atoms with van der Waals surface area (Å²) in [7, 11) is 2.09. The average molecular weight is 220 g/mol. The van der Waals surface area contributed by atoms with Crippen LogP contribution in [0.25, 0.3) is 0 Å². The predicted octanol–water partition coefficient (Wildman–Crippen LogP) is -3.46. The van der Waals surface area contributed by atoms with Crippen LogP contribution in [0.4, 0.5) is 0 Å². The van der Waals surface area contributed by atoms with Crippen molar-refractivity contribution in [2.75, 3.05) is 20.1 Å². The first-order valence-corrected chi connectivity index (χ1v) is 5.64. The smallest absolute Gasteiger partial charge is 0.548 e. The van der Waals surface area contributed by atoms with Crippen LogP contribution in [-0.2, 0) is 4.79 Å². The molecule has 1 aliphatic rings. The fourth-order valence-electron chi connectivity index (χ4n) is 2.27. The Kier molecular flexibility index (Phi) is 6.65. The number of rotatable bonds is 3. The van der Waals surface area contributed by atoms with Gasteiger partial charge in [0.15, 0.2) is 0 Å². The summed E-state index contributed by atoms with van der Waals surface area (Å²) in [5.41, 5.74) is 0. The zero-order chi connectivity index (χ0) is 11.6. The van der Waals surface area contributed by atoms with E-state index in [4.69, 9.17) is 0 Å². The zero-order valence-corrected chi connectivity index (χ0v) is 11.1. The minimum atomic E-state index is -0.943. The molecule has 1 rings (SSSR count). The van der Waals surface area contributed by atoms with Gasteiger partial charge in [-0.3, -0.25) is 9.80 Å². The van der Waals surface area contributed by atoms with Crippen LogP contribution in [0.1, 0.15) is 27.2 Å². The third-order valence-corrected chi connectivity index (χ3v) is 3.49. The van der Waals surface area contributed by atoms with E-state index in [1.165, 1.54) is 0 Å². The molecule has 0 N–H and O–H groups in total. The number of carboxylic acids is 1. The van der Waals surface area contributed by atoms with E-state index in [2.05, 4.69) is 25.8 Å². The number of carboxylic acid groups (broad SMARTS) is 1. The van der Waals surface area contributed by atoms with E-state index in [0.29, 0.717) is 18.5 Å². The summed E-state index contributed by atoms with van der Waals surface area (Å²) < 4.78 is 0. The number of nitrogens with zero attached hydrogens (tertiary/aromatic N) is 2. The van der Waals surface area contributed by atoms with Gasteiger partial charge in [-0.1, -0.05) is 6.92 Å². The van der Waals surface area contributed by atoms with E-state index < -0.39 is 12.0 Å². The second kappa shape index (κ2) is 6.66. The molecular weight excluding hydrogens is 199 g/mol. The average Bonchev–Trinajstić information content (AvgIpc) is 2.14. The Morgan fingerprint density at radius 3 is 2.12 bits per heavy atom. The maximum atomic E-state index is 11.0. The summed E-state index contributed by atoms with van der Waals surface area (Å²) >= 11 is 0. The standard InChI is InChI=1S/C11H22N2O2.Li/c1-5-10(11(14)15)13-6-8(2)12(4)9(3)7-13;/h8-10H,5-7H2,1-4H3,(H,14,15);/q;+1/p-1/t8-,9-,10?;/m0./s1. The van der Waals surface area contributed by atoms with Gasteiger partial charge in [0.1, 0.15) is 0 Å². The quantitative estimate of drug-likeness (QED) is 0.464. The van der Waals surface area contributed by atoms with Gasteiger partial charge in [-0.25, -0.2) is 0 Å². The van der Waals surface area contributed by atoms with Crippen LogP contribution < -0.4 is 24.0 Å². The summed E-state index contributed by atoms with van der Waals surface area (Å²) in [6, 6.07) is 0.382. The summed E-state index contributed by atoms with van der Waals surface area (Å²) in [5.74, 6) is -0.943. The van der Waals surface area contributed by atoms with Crippen LogP contribution in [0, 0.1) is 0 Å². The van der Waals surface area contributed by atoms with Gasteiger partial charge in [0.2, 0.25) is 0 Å². The molecule has 4 nitrogen and oxygen atoms in total. The molecule has 0 amide bonds. The van der Waals surface area contributed by atoms with Crippen molar-refractivity contribution in [2.45, 2.75) is 45.3 Å². The number of likely N-dealkylation sites (N-methyl/N-ethyl adjacent to an activating group) is 1. The molecule has 0 bridgehead atoms.